The first-order valence-electron chi connectivity index (χ1n) is 7.93. The van der Waals surface area contributed by atoms with Gasteiger partial charge in [0.1, 0.15) is 0 Å². The number of esters is 1. The normalized spacial score (nSPS) is 18.9. The number of halogens is 3. The Bertz CT molecular complexity index is 939. The summed E-state index contributed by atoms with van der Waals surface area (Å²) in [5.41, 5.74) is -1.80. The number of rotatable bonds is 4. The molecule has 10 heteroatoms. The van der Waals surface area contributed by atoms with Crippen LogP contribution < -0.4 is 0 Å². The number of ether oxygens (including phenoxy) is 1. The van der Waals surface area contributed by atoms with Gasteiger partial charge in [-0.2, -0.15) is 13.2 Å². The van der Waals surface area contributed by atoms with Crippen LogP contribution in [0.25, 0.3) is 0 Å². The number of carbonyl (C=O) groups excluding carboxylic acids is 1. The van der Waals surface area contributed by atoms with Crippen molar-refractivity contribution in [1.29, 1.82) is 0 Å². The number of alkyl halides is 3. The van der Waals surface area contributed by atoms with E-state index < -0.39 is 28.2 Å². The van der Waals surface area contributed by atoms with Gasteiger partial charge in [-0.25, -0.2) is 4.79 Å². The lowest BCUT2D eigenvalue weighted by molar-refractivity contribution is -0.384. The number of methoxy groups -OCH3 is 1. The van der Waals surface area contributed by atoms with E-state index in [1.165, 1.54) is 24.3 Å². The topological polar surface area (TPSA) is 91.0 Å². The number of nitro benzene ring substituents is 1. The van der Waals surface area contributed by atoms with Gasteiger partial charge in [-0.05, 0) is 29.8 Å². The van der Waals surface area contributed by atoms with Gasteiger partial charge in [0.05, 0.1) is 29.7 Å². The molecule has 146 valence electrons. The van der Waals surface area contributed by atoms with E-state index >= 15 is 0 Å². The zero-order valence-electron chi connectivity index (χ0n) is 14.4. The van der Waals surface area contributed by atoms with Gasteiger partial charge in [0.2, 0.25) is 0 Å². The van der Waals surface area contributed by atoms with Crippen molar-refractivity contribution in [1.82, 2.24) is 0 Å². The monoisotopic (exact) mass is 394 g/mol. The molecular weight excluding hydrogens is 381 g/mol. The Labute approximate surface area is 156 Å². The summed E-state index contributed by atoms with van der Waals surface area (Å²) < 4.78 is 43.2. The Balaban J connectivity index is 1.92. The van der Waals surface area contributed by atoms with Crippen molar-refractivity contribution in [2.24, 2.45) is 5.16 Å². The Kier molecular flexibility index (Phi) is 4.80. The summed E-state index contributed by atoms with van der Waals surface area (Å²) in [6.45, 7) is 0. The van der Waals surface area contributed by atoms with Crippen molar-refractivity contribution in [2.75, 3.05) is 7.11 Å². The van der Waals surface area contributed by atoms with Crippen LogP contribution in [0.1, 0.15) is 23.1 Å². The molecule has 1 aliphatic heterocycles. The second-order valence-electron chi connectivity index (χ2n) is 6.00. The average molecular weight is 394 g/mol. The van der Waals surface area contributed by atoms with Crippen LogP contribution in [0.2, 0.25) is 0 Å². The van der Waals surface area contributed by atoms with Crippen LogP contribution in [0.5, 0.6) is 0 Å². The zero-order valence-corrected chi connectivity index (χ0v) is 14.4. The van der Waals surface area contributed by atoms with Crippen molar-refractivity contribution in [2.45, 2.75) is 18.2 Å². The SMILES string of the molecule is COC(=O)C1(c2ccc(C(F)(F)F)cc2)CC(c2ccc([N+](=O)[O-])cc2)=NO1. The number of carbonyl (C=O) groups is 1. The predicted octanol–water partition coefficient (Wildman–Crippen LogP) is 3.81. The van der Waals surface area contributed by atoms with Gasteiger partial charge in [-0.3, -0.25) is 10.1 Å². The Hall–Kier alpha value is -3.43. The fourth-order valence-electron chi connectivity index (χ4n) is 2.84. The van der Waals surface area contributed by atoms with Crippen LogP contribution >= 0.6 is 0 Å². The standard InChI is InChI=1S/C18H13F3N2O5/c1-27-16(24)17(12-4-6-13(7-5-12)18(19,20)21)10-15(22-28-17)11-2-8-14(9-3-11)23(25)26/h2-9H,10H2,1H3. The lowest BCUT2D eigenvalue weighted by Crippen LogP contribution is -2.37. The van der Waals surface area contributed by atoms with Crippen molar-refractivity contribution < 1.29 is 32.5 Å². The molecule has 0 bridgehead atoms. The number of oxime groups is 1. The molecule has 0 spiro atoms. The summed E-state index contributed by atoms with van der Waals surface area (Å²) in [5, 5.41) is 14.6. The Morgan fingerprint density at radius 2 is 1.79 bits per heavy atom. The maximum atomic E-state index is 12.8. The van der Waals surface area contributed by atoms with Crippen molar-refractivity contribution >= 4 is 17.4 Å². The highest BCUT2D eigenvalue weighted by atomic mass is 19.4. The van der Waals surface area contributed by atoms with E-state index in [4.69, 9.17) is 9.57 Å². The van der Waals surface area contributed by atoms with Gasteiger partial charge in [0.25, 0.3) is 11.3 Å². The molecule has 7 nitrogen and oxygen atoms in total. The number of hydrogen-bond donors (Lipinski definition) is 0. The average Bonchev–Trinajstić information content (AvgIpc) is 3.13. The van der Waals surface area contributed by atoms with E-state index in [1.807, 2.05) is 0 Å². The summed E-state index contributed by atoms with van der Waals surface area (Å²) in [4.78, 5) is 28.0. The van der Waals surface area contributed by atoms with Gasteiger partial charge < -0.3 is 9.57 Å². The fraction of sp³-hybridized carbons (Fsp3) is 0.222. The lowest BCUT2D eigenvalue weighted by atomic mass is 9.87. The summed E-state index contributed by atoms with van der Waals surface area (Å²) in [6, 6.07) is 9.38. The summed E-state index contributed by atoms with van der Waals surface area (Å²) in [7, 11) is 1.13. The summed E-state index contributed by atoms with van der Waals surface area (Å²) >= 11 is 0. The first kappa shape index (κ1) is 19.3. The smallest absolute Gasteiger partial charge is 0.416 e. The molecule has 0 fully saturated rings. The van der Waals surface area contributed by atoms with Crippen LogP contribution in [-0.2, 0) is 26.1 Å². The number of hydrogen-bond acceptors (Lipinski definition) is 6. The minimum Gasteiger partial charge on any atom is -0.466 e. The molecule has 1 heterocycles. The summed E-state index contributed by atoms with van der Waals surface area (Å²) in [6.07, 6.45) is -4.63. The maximum absolute atomic E-state index is 12.8. The molecule has 0 aromatic heterocycles. The number of nitro groups is 1. The molecule has 2 aromatic rings. The first-order valence-corrected chi connectivity index (χ1v) is 7.93. The largest absolute Gasteiger partial charge is 0.466 e. The highest BCUT2D eigenvalue weighted by molar-refractivity contribution is 6.05. The molecule has 1 unspecified atom stereocenters. The van der Waals surface area contributed by atoms with E-state index in [1.54, 1.807) is 0 Å². The van der Waals surface area contributed by atoms with Crippen LogP contribution in [-0.4, -0.2) is 23.7 Å². The van der Waals surface area contributed by atoms with Crippen molar-refractivity contribution in [3.63, 3.8) is 0 Å². The van der Waals surface area contributed by atoms with Crippen molar-refractivity contribution in [3.05, 3.63) is 75.3 Å². The molecule has 3 rings (SSSR count). The Morgan fingerprint density at radius 3 is 2.29 bits per heavy atom. The molecule has 2 aromatic carbocycles. The fourth-order valence-corrected chi connectivity index (χ4v) is 2.84. The van der Waals surface area contributed by atoms with E-state index in [2.05, 4.69) is 5.16 Å². The molecule has 1 atom stereocenters. The van der Waals surface area contributed by atoms with Crippen LogP contribution in [0.15, 0.2) is 53.7 Å². The minimum atomic E-state index is -4.52. The molecule has 0 radical (unpaired) electrons. The van der Waals surface area contributed by atoms with Gasteiger partial charge in [0, 0.05) is 17.7 Å². The molecule has 28 heavy (non-hydrogen) atoms. The van der Waals surface area contributed by atoms with Gasteiger partial charge >= 0.3 is 12.1 Å². The third-order valence-corrected chi connectivity index (χ3v) is 4.33. The van der Waals surface area contributed by atoms with E-state index in [-0.39, 0.29) is 17.7 Å². The molecule has 0 aliphatic carbocycles. The van der Waals surface area contributed by atoms with Crippen molar-refractivity contribution in [3.8, 4) is 0 Å². The first-order chi connectivity index (χ1) is 13.2. The third-order valence-electron chi connectivity index (χ3n) is 4.33. The molecule has 0 saturated carbocycles. The van der Waals surface area contributed by atoms with Gasteiger partial charge in [-0.15, -0.1) is 0 Å². The minimum absolute atomic E-state index is 0.108. The lowest BCUT2D eigenvalue weighted by Gasteiger charge is -2.24. The van der Waals surface area contributed by atoms with E-state index in [0.29, 0.717) is 11.3 Å². The number of nitrogens with zero attached hydrogens (tertiary/aromatic N) is 2. The zero-order chi connectivity index (χ0) is 20.5. The van der Waals surface area contributed by atoms with Crippen LogP contribution in [0.3, 0.4) is 0 Å². The molecule has 0 N–H and O–H groups in total. The Morgan fingerprint density at radius 1 is 1.18 bits per heavy atom. The molecular formula is C18H13F3N2O5. The molecule has 1 aliphatic rings. The van der Waals surface area contributed by atoms with E-state index in [9.17, 15) is 28.1 Å². The maximum Gasteiger partial charge on any atom is 0.416 e. The number of benzene rings is 2. The predicted molar refractivity (Wildman–Crippen MR) is 90.5 cm³/mol. The highest BCUT2D eigenvalue weighted by Crippen LogP contribution is 2.39. The molecule has 0 saturated heterocycles. The second kappa shape index (κ2) is 6.95. The van der Waals surface area contributed by atoms with Gasteiger partial charge in [-0.1, -0.05) is 17.3 Å². The third kappa shape index (κ3) is 3.40. The highest BCUT2D eigenvalue weighted by Gasteiger charge is 2.50. The van der Waals surface area contributed by atoms with Crippen LogP contribution in [0.4, 0.5) is 18.9 Å². The molecule has 0 amide bonds. The second-order valence-corrected chi connectivity index (χ2v) is 6.00. The van der Waals surface area contributed by atoms with E-state index in [0.717, 1.165) is 31.4 Å². The van der Waals surface area contributed by atoms with Gasteiger partial charge in [0.15, 0.2) is 0 Å². The van der Waals surface area contributed by atoms with Crippen LogP contribution in [0, 0.1) is 10.1 Å². The number of non-ortho nitro benzene ring substituents is 1. The summed E-state index contributed by atoms with van der Waals surface area (Å²) in [5.74, 6) is -0.826. The quantitative estimate of drug-likeness (QED) is 0.447.